The van der Waals surface area contributed by atoms with E-state index in [9.17, 15) is 14.4 Å². The summed E-state index contributed by atoms with van der Waals surface area (Å²) in [5.41, 5.74) is 3.19. The van der Waals surface area contributed by atoms with E-state index in [2.05, 4.69) is 18.3 Å². The quantitative estimate of drug-likeness (QED) is 0.834. The predicted molar refractivity (Wildman–Crippen MR) is 107 cm³/mol. The Hall–Kier alpha value is -2.65. The number of hydrogen-bond donors (Lipinski definition) is 2. The minimum absolute atomic E-state index is 0.0712. The predicted octanol–water partition coefficient (Wildman–Crippen LogP) is 2.56. The van der Waals surface area contributed by atoms with E-state index in [1.165, 1.54) is 23.5 Å². The van der Waals surface area contributed by atoms with Crippen LogP contribution >= 0.6 is 0 Å². The molecule has 0 spiro atoms. The van der Waals surface area contributed by atoms with Crippen molar-refractivity contribution in [3.8, 4) is 6.07 Å². The number of carbonyl (C=O) groups excluding carboxylic acids is 1. The topological polar surface area (TPSA) is 62.3 Å². The zero-order chi connectivity index (χ0) is 20.3. The SMILES string of the molecule is Cc1c(C#N)c(NC(=O)C[NH+]2CCCC[C@H]2C)n(Cc2ccc(F)cc2)c1C. The molecule has 2 heterocycles. The summed E-state index contributed by atoms with van der Waals surface area (Å²) in [5, 5.41) is 12.6. The number of benzene rings is 1. The van der Waals surface area contributed by atoms with Gasteiger partial charge < -0.3 is 14.8 Å². The smallest absolute Gasteiger partial charge is 0.280 e. The molecule has 28 heavy (non-hydrogen) atoms. The van der Waals surface area contributed by atoms with Crippen LogP contribution in [0.25, 0.3) is 0 Å². The lowest BCUT2D eigenvalue weighted by molar-refractivity contribution is -0.920. The van der Waals surface area contributed by atoms with Gasteiger partial charge in [-0.1, -0.05) is 12.1 Å². The molecule has 1 aliphatic rings. The second-order valence-electron chi connectivity index (χ2n) is 7.79. The molecular weight excluding hydrogens is 355 g/mol. The van der Waals surface area contributed by atoms with E-state index < -0.39 is 0 Å². The van der Waals surface area contributed by atoms with Crippen LogP contribution in [0.15, 0.2) is 24.3 Å². The number of aromatic nitrogens is 1. The molecule has 1 unspecified atom stereocenters. The lowest BCUT2D eigenvalue weighted by Gasteiger charge is -2.29. The zero-order valence-corrected chi connectivity index (χ0v) is 16.8. The third-order valence-electron chi connectivity index (χ3n) is 5.92. The van der Waals surface area contributed by atoms with Gasteiger partial charge in [-0.15, -0.1) is 0 Å². The molecule has 0 radical (unpaired) electrons. The summed E-state index contributed by atoms with van der Waals surface area (Å²) in [7, 11) is 0. The van der Waals surface area contributed by atoms with Crippen molar-refractivity contribution in [2.45, 2.75) is 52.6 Å². The van der Waals surface area contributed by atoms with Gasteiger partial charge >= 0.3 is 0 Å². The number of nitrogens with one attached hydrogen (secondary N) is 2. The Kier molecular flexibility index (Phi) is 6.15. The highest BCUT2D eigenvalue weighted by molar-refractivity contribution is 5.92. The molecule has 1 aromatic carbocycles. The van der Waals surface area contributed by atoms with Gasteiger partial charge in [0.05, 0.1) is 18.2 Å². The van der Waals surface area contributed by atoms with Crippen LogP contribution in [0, 0.1) is 31.0 Å². The average Bonchev–Trinajstić information content (AvgIpc) is 2.89. The molecule has 6 heteroatoms. The van der Waals surface area contributed by atoms with Crippen molar-refractivity contribution >= 4 is 11.7 Å². The first-order chi connectivity index (χ1) is 13.4. The summed E-state index contributed by atoms with van der Waals surface area (Å²) in [6.07, 6.45) is 3.52. The van der Waals surface area contributed by atoms with E-state index in [0.29, 0.717) is 30.5 Å². The Morgan fingerprint density at radius 1 is 1.32 bits per heavy atom. The molecule has 1 aromatic heterocycles. The van der Waals surface area contributed by atoms with Gasteiger partial charge in [-0.25, -0.2) is 4.39 Å². The van der Waals surface area contributed by atoms with Crippen molar-refractivity contribution in [1.29, 1.82) is 5.26 Å². The molecule has 1 saturated heterocycles. The molecule has 5 nitrogen and oxygen atoms in total. The average molecular weight is 383 g/mol. The fourth-order valence-corrected chi connectivity index (χ4v) is 4.00. The molecule has 3 rings (SSSR count). The first-order valence-corrected chi connectivity index (χ1v) is 9.89. The Balaban J connectivity index is 1.84. The molecule has 2 aromatic rings. The number of carbonyl (C=O) groups is 1. The van der Waals surface area contributed by atoms with Crippen molar-refractivity contribution in [3.63, 3.8) is 0 Å². The zero-order valence-electron chi connectivity index (χ0n) is 16.8. The molecule has 0 bridgehead atoms. The molecule has 1 amide bonds. The van der Waals surface area contributed by atoms with Gasteiger partial charge in [-0.3, -0.25) is 4.79 Å². The maximum atomic E-state index is 13.2. The van der Waals surface area contributed by atoms with Gasteiger partial charge in [0, 0.05) is 12.2 Å². The summed E-state index contributed by atoms with van der Waals surface area (Å²) in [6.45, 7) is 7.90. The molecule has 148 valence electrons. The number of quaternary nitrogens is 1. The van der Waals surface area contributed by atoms with Crippen LogP contribution in [0.4, 0.5) is 10.2 Å². The summed E-state index contributed by atoms with van der Waals surface area (Å²) < 4.78 is 15.2. The second-order valence-corrected chi connectivity index (χ2v) is 7.79. The first kappa shape index (κ1) is 20.1. The number of rotatable bonds is 5. The van der Waals surface area contributed by atoms with E-state index in [-0.39, 0.29) is 11.7 Å². The number of nitriles is 1. The van der Waals surface area contributed by atoms with E-state index in [1.54, 1.807) is 12.1 Å². The van der Waals surface area contributed by atoms with Crippen molar-refractivity contribution in [2.75, 3.05) is 18.4 Å². The molecule has 2 atom stereocenters. The monoisotopic (exact) mass is 383 g/mol. The molecular formula is C22H28FN4O+. The van der Waals surface area contributed by atoms with Crippen molar-refractivity contribution in [1.82, 2.24) is 4.57 Å². The number of anilines is 1. The Labute approximate surface area is 165 Å². The van der Waals surface area contributed by atoms with Gasteiger partial charge in [-0.05, 0) is 63.3 Å². The van der Waals surface area contributed by atoms with Crippen molar-refractivity contribution < 1.29 is 14.1 Å². The van der Waals surface area contributed by atoms with Crippen LogP contribution in [-0.4, -0.2) is 29.6 Å². The highest BCUT2D eigenvalue weighted by Crippen LogP contribution is 2.27. The summed E-state index contributed by atoms with van der Waals surface area (Å²) in [6, 6.07) is 9.00. The Morgan fingerprint density at radius 2 is 2.04 bits per heavy atom. The number of hydrogen-bond acceptors (Lipinski definition) is 2. The minimum atomic E-state index is -0.283. The van der Waals surface area contributed by atoms with Crippen LogP contribution in [-0.2, 0) is 11.3 Å². The number of piperidine rings is 1. The van der Waals surface area contributed by atoms with Gasteiger partial charge in [0.2, 0.25) is 0 Å². The standard InChI is InChI=1S/C22H27FN4O/c1-15-6-4-5-11-26(15)14-21(28)25-22-20(12-24)16(2)17(3)27(22)13-18-7-9-19(23)10-8-18/h7-10,15H,4-6,11,13-14H2,1-3H3,(H,25,28)/p+1/t15-/m1/s1. The summed E-state index contributed by atoms with van der Waals surface area (Å²) in [4.78, 5) is 14.1. The van der Waals surface area contributed by atoms with Crippen LogP contribution in [0.1, 0.15) is 48.6 Å². The van der Waals surface area contributed by atoms with Gasteiger partial charge in [0.25, 0.3) is 5.91 Å². The van der Waals surface area contributed by atoms with Gasteiger partial charge in [-0.2, -0.15) is 5.26 Å². The van der Waals surface area contributed by atoms with Crippen LogP contribution in [0.5, 0.6) is 0 Å². The summed E-state index contributed by atoms with van der Waals surface area (Å²) >= 11 is 0. The molecule has 0 aliphatic carbocycles. The second kappa shape index (κ2) is 8.57. The van der Waals surface area contributed by atoms with Crippen LogP contribution < -0.4 is 10.2 Å². The van der Waals surface area contributed by atoms with Crippen LogP contribution in [0.2, 0.25) is 0 Å². The van der Waals surface area contributed by atoms with Crippen molar-refractivity contribution in [3.05, 3.63) is 52.5 Å². The van der Waals surface area contributed by atoms with Crippen molar-refractivity contribution in [2.24, 2.45) is 0 Å². The van der Waals surface area contributed by atoms with Crippen LogP contribution in [0.3, 0.4) is 0 Å². The molecule has 2 N–H and O–H groups in total. The molecule has 1 aliphatic heterocycles. The summed E-state index contributed by atoms with van der Waals surface area (Å²) in [5.74, 6) is 0.183. The lowest BCUT2D eigenvalue weighted by atomic mass is 10.0. The molecule has 0 saturated carbocycles. The lowest BCUT2D eigenvalue weighted by Crippen LogP contribution is -3.17. The number of likely N-dealkylation sites (tertiary alicyclic amines) is 1. The fraction of sp³-hybridized carbons (Fsp3) is 0.455. The highest BCUT2D eigenvalue weighted by atomic mass is 19.1. The maximum Gasteiger partial charge on any atom is 0.280 e. The first-order valence-electron chi connectivity index (χ1n) is 9.89. The normalized spacial score (nSPS) is 19.2. The third-order valence-corrected chi connectivity index (χ3v) is 5.92. The fourth-order valence-electron chi connectivity index (χ4n) is 4.00. The minimum Gasteiger partial charge on any atom is -0.326 e. The molecule has 1 fully saturated rings. The number of nitrogens with zero attached hydrogens (tertiary/aromatic N) is 2. The van der Waals surface area contributed by atoms with Gasteiger partial charge in [0.1, 0.15) is 17.7 Å². The van der Waals surface area contributed by atoms with E-state index in [4.69, 9.17) is 0 Å². The Morgan fingerprint density at radius 3 is 2.68 bits per heavy atom. The van der Waals surface area contributed by atoms with E-state index in [0.717, 1.165) is 36.2 Å². The van der Waals surface area contributed by atoms with E-state index >= 15 is 0 Å². The van der Waals surface area contributed by atoms with E-state index in [1.807, 2.05) is 18.4 Å². The maximum absolute atomic E-state index is 13.2. The van der Waals surface area contributed by atoms with Gasteiger partial charge in [0.15, 0.2) is 6.54 Å². The third kappa shape index (κ3) is 4.26. The highest BCUT2D eigenvalue weighted by Gasteiger charge is 2.26. The number of halogens is 1. The number of amides is 1. The largest absolute Gasteiger partial charge is 0.326 e. The Bertz CT molecular complexity index is 895.